The van der Waals surface area contributed by atoms with E-state index in [9.17, 15) is 0 Å². The van der Waals surface area contributed by atoms with Crippen molar-refractivity contribution in [2.45, 2.75) is 13.0 Å². The fourth-order valence-electron chi connectivity index (χ4n) is 1.80. The fourth-order valence-corrected chi connectivity index (χ4v) is 3.08. The van der Waals surface area contributed by atoms with Crippen LogP contribution < -0.4 is 11.1 Å². The van der Waals surface area contributed by atoms with Crippen LogP contribution in [0.4, 0.5) is 11.6 Å². The molecule has 5 nitrogen and oxygen atoms in total. The third kappa shape index (κ3) is 3.74. The van der Waals surface area contributed by atoms with Gasteiger partial charge in [0.05, 0.1) is 0 Å². The Morgan fingerprint density at radius 3 is 3.18 bits per heavy atom. The minimum absolute atomic E-state index is 0.388. The number of nitrogens with zero attached hydrogens (tertiary/aromatic N) is 2. The first-order valence-electron chi connectivity index (χ1n) is 5.72. The standard InChI is InChI=1S/C11H18N4OS/c1-16-6-11-14-9(12)4-10(15-11)13-5-8-2-3-17-7-8/h4,8H,2-3,5-7H2,1H3,(H3,12,13,14,15). The molecule has 17 heavy (non-hydrogen) atoms. The summed E-state index contributed by atoms with van der Waals surface area (Å²) in [4.78, 5) is 8.45. The summed E-state index contributed by atoms with van der Waals surface area (Å²) in [6.45, 7) is 1.34. The molecular weight excluding hydrogens is 236 g/mol. The van der Waals surface area contributed by atoms with E-state index in [1.165, 1.54) is 17.9 Å². The minimum atomic E-state index is 0.388. The van der Waals surface area contributed by atoms with Crippen molar-refractivity contribution in [1.29, 1.82) is 0 Å². The van der Waals surface area contributed by atoms with Gasteiger partial charge >= 0.3 is 0 Å². The van der Waals surface area contributed by atoms with Gasteiger partial charge < -0.3 is 15.8 Å². The van der Waals surface area contributed by atoms with E-state index in [0.29, 0.717) is 18.2 Å². The Bertz CT molecular complexity index is 368. The Morgan fingerprint density at radius 2 is 2.47 bits per heavy atom. The van der Waals surface area contributed by atoms with Crippen LogP contribution in [0.2, 0.25) is 0 Å². The molecule has 1 fully saturated rings. The second-order valence-corrected chi connectivity index (χ2v) is 5.29. The van der Waals surface area contributed by atoms with Crippen LogP contribution in [-0.2, 0) is 11.3 Å². The van der Waals surface area contributed by atoms with Gasteiger partial charge in [-0.2, -0.15) is 11.8 Å². The van der Waals surface area contributed by atoms with Gasteiger partial charge in [-0.1, -0.05) is 0 Å². The summed E-state index contributed by atoms with van der Waals surface area (Å²) in [6.07, 6.45) is 1.28. The molecule has 2 rings (SSSR count). The van der Waals surface area contributed by atoms with Gasteiger partial charge in [0.1, 0.15) is 18.2 Å². The number of hydrogen-bond donors (Lipinski definition) is 2. The Hall–Kier alpha value is -1.01. The lowest BCUT2D eigenvalue weighted by atomic mass is 10.1. The molecule has 0 amide bonds. The van der Waals surface area contributed by atoms with Crippen LogP contribution in [0.15, 0.2) is 6.07 Å². The van der Waals surface area contributed by atoms with E-state index in [1.54, 1.807) is 13.2 Å². The number of thioether (sulfide) groups is 1. The number of nitrogen functional groups attached to an aromatic ring is 1. The highest BCUT2D eigenvalue weighted by molar-refractivity contribution is 7.99. The Labute approximate surface area is 106 Å². The molecule has 1 aliphatic rings. The molecule has 1 aromatic heterocycles. The van der Waals surface area contributed by atoms with Crippen molar-refractivity contribution >= 4 is 23.4 Å². The van der Waals surface area contributed by atoms with Gasteiger partial charge in [-0.25, -0.2) is 9.97 Å². The largest absolute Gasteiger partial charge is 0.384 e. The van der Waals surface area contributed by atoms with E-state index in [0.717, 1.165) is 18.3 Å². The molecular formula is C11H18N4OS. The van der Waals surface area contributed by atoms with Crippen molar-refractivity contribution < 1.29 is 4.74 Å². The Kier molecular flexibility index (Phi) is 4.44. The Balaban J connectivity index is 1.94. The van der Waals surface area contributed by atoms with Gasteiger partial charge in [0.15, 0.2) is 5.82 Å². The molecule has 0 bridgehead atoms. The van der Waals surface area contributed by atoms with Gasteiger partial charge in [-0.15, -0.1) is 0 Å². The van der Waals surface area contributed by atoms with Gasteiger partial charge in [0.2, 0.25) is 0 Å². The zero-order chi connectivity index (χ0) is 12.1. The van der Waals surface area contributed by atoms with Crippen molar-refractivity contribution in [3.8, 4) is 0 Å². The zero-order valence-electron chi connectivity index (χ0n) is 9.98. The third-order valence-corrected chi connectivity index (χ3v) is 3.89. The molecule has 2 heterocycles. The Morgan fingerprint density at radius 1 is 1.59 bits per heavy atom. The summed E-state index contributed by atoms with van der Waals surface area (Å²) in [5.74, 6) is 5.14. The fraction of sp³-hybridized carbons (Fsp3) is 0.636. The van der Waals surface area contributed by atoms with Crippen molar-refractivity contribution in [2.24, 2.45) is 5.92 Å². The average Bonchev–Trinajstić information content (AvgIpc) is 2.79. The molecule has 0 radical (unpaired) electrons. The van der Waals surface area contributed by atoms with Crippen molar-refractivity contribution in [2.75, 3.05) is 36.2 Å². The van der Waals surface area contributed by atoms with Crippen molar-refractivity contribution in [3.05, 3.63) is 11.9 Å². The second kappa shape index (κ2) is 6.07. The summed E-state index contributed by atoms with van der Waals surface area (Å²) >= 11 is 2.01. The maximum Gasteiger partial charge on any atom is 0.158 e. The normalized spacial score (nSPS) is 19.5. The molecule has 1 unspecified atom stereocenters. The summed E-state index contributed by atoms with van der Waals surface area (Å²) < 4.78 is 5.00. The smallest absolute Gasteiger partial charge is 0.158 e. The van der Waals surface area contributed by atoms with E-state index in [-0.39, 0.29) is 0 Å². The number of methoxy groups -OCH3 is 1. The van der Waals surface area contributed by atoms with Gasteiger partial charge in [-0.05, 0) is 23.8 Å². The number of ether oxygens (including phenoxy) is 1. The van der Waals surface area contributed by atoms with E-state index < -0.39 is 0 Å². The van der Waals surface area contributed by atoms with Crippen LogP contribution >= 0.6 is 11.8 Å². The lowest BCUT2D eigenvalue weighted by Gasteiger charge is -2.11. The van der Waals surface area contributed by atoms with E-state index in [2.05, 4.69) is 15.3 Å². The van der Waals surface area contributed by atoms with E-state index >= 15 is 0 Å². The van der Waals surface area contributed by atoms with E-state index in [1.807, 2.05) is 11.8 Å². The summed E-state index contributed by atoms with van der Waals surface area (Å²) in [7, 11) is 1.62. The van der Waals surface area contributed by atoms with Crippen LogP contribution in [0.5, 0.6) is 0 Å². The molecule has 1 atom stereocenters. The first kappa shape index (κ1) is 12.4. The maximum absolute atomic E-state index is 5.72. The molecule has 0 spiro atoms. The number of nitrogens with one attached hydrogen (secondary N) is 1. The van der Waals surface area contributed by atoms with Crippen molar-refractivity contribution in [1.82, 2.24) is 9.97 Å². The number of rotatable bonds is 5. The third-order valence-electron chi connectivity index (χ3n) is 2.66. The average molecular weight is 254 g/mol. The zero-order valence-corrected chi connectivity index (χ0v) is 10.8. The molecule has 3 N–H and O–H groups in total. The highest BCUT2D eigenvalue weighted by Gasteiger charge is 2.15. The molecule has 0 aliphatic carbocycles. The molecule has 1 aliphatic heterocycles. The van der Waals surface area contributed by atoms with Crippen LogP contribution in [0.1, 0.15) is 12.2 Å². The highest BCUT2D eigenvalue weighted by Crippen LogP contribution is 2.23. The maximum atomic E-state index is 5.72. The minimum Gasteiger partial charge on any atom is -0.384 e. The van der Waals surface area contributed by atoms with Gasteiger partial charge in [-0.3, -0.25) is 0 Å². The number of nitrogens with two attached hydrogens (primary N) is 1. The summed E-state index contributed by atoms with van der Waals surface area (Å²) in [6, 6.07) is 1.77. The predicted octanol–water partition coefficient (Wildman–Crippen LogP) is 1.37. The SMILES string of the molecule is COCc1nc(N)cc(NCC2CCSC2)n1. The van der Waals surface area contributed by atoms with Gasteiger partial charge in [0.25, 0.3) is 0 Å². The van der Waals surface area contributed by atoms with Crippen LogP contribution in [0.25, 0.3) is 0 Å². The lowest BCUT2D eigenvalue weighted by Crippen LogP contribution is -2.15. The van der Waals surface area contributed by atoms with Gasteiger partial charge in [0, 0.05) is 19.7 Å². The van der Waals surface area contributed by atoms with Crippen LogP contribution in [-0.4, -0.2) is 35.1 Å². The summed E-state index contributed by atoms with van der Waals surface area (Å²) in [5.41, 5.74) is 5.72. The van der Waals surface area contributed by atoms with E-state index in [4.69, 9.17) is 10.5 Å². The quantitative estimate of drug-likeness (QED) is 0.827. The number of anilines is 2. The molecule has 0 saturated carbocycles. The molecule has 1 aromatic rings. The monoisotopic (exact) mass is 254 g/mol. The number of aromatic nitrogens is 2. The summed E-state index contributed by atoms with van der Waals surface area (Å²) in [5, 5.41) is 3.33. The van der Waals surface area contributed by atoms with Crippen LogP contribution in [0, 0.1) is 5.92 Å². The molecule has 1 saturated heterocycles. The molecule has 94 valence electrons. The first-order chi connectivity index (χ1) is 8.28. The topological polar surface area (TPSA) is 73.1 Å². The van der Waals surface area contributed by atoms with Crippen molar-refractivity contribution in [3.63, 3.8) is 0 Å². The molecule has 6 heteroatoms. The highest BCUT2D eigenvalue weighted by atomic mass is 32.2. The predicted molar refractivity (Wildman–Crippen MR) is 71.1 cm³/mol. The number of hydrogen-bond acceptors (Lipinski definition) is 6. The second-order valence-electron chi connectivity index (χ2n) is 4.14. The molecule has 0 aromatic carbocycles. The van der Waals surface area contributed by atoms with Crippen LogP contribution in [0.3, 0.4) is 0 Å². The first-order valence-corrected chi connectivity index (χ1v) is 6.87. The lowest BCUT2D eigenvalue weighted by molar-refractivity contribution is 0.178.